The molecule has 0 aromatic heterocycles. The van der Waals surface area contributed by atoms with E-state index in [9.17, 15) is 9.59 Å². The molecule has 2 aromatic carbocycles. The fourth-order valence-electron chi connectivity index (χ4n) is 2.31. The van der Waals surface area contributed by atoms with E-state index in [1.165, 1.54) is 0 Å². The second-order valence-corrected chi connectivity index (χ2v) is 6.69. The number of hydrogen-bond acceptors (Lipinski definition) is 4. The van der Waals surface area contributed by atoms with Gasteiger partial charge in [0.15, 0.2) is 0 Å². The van der Waals surface area contributed by atoms with Crippen molar-refractivity contribution in [2.45, 2.75) is 26.2 Å². The maximum atomic E-state index is 12.2. The molecule has 0 fully saturated rings. The Hall–Kier alpha value is -2.54. The van der Waals surface area contributed by atoms with Gasteiger partial charge >= 0.3 is 0 Å². The van der Waals surface area contributed by atoms with Gasteiger partial charge in [0.05, 0.1) is 18.2 Å². The Labute approximate surface area is 167 Å². The fourth-order valence-corrected chi connectivity index (χ4v) is 2.85. The number of hydrogen-bond donors (Lipinski definition) is 2. The third-order valence-corrected chi connectivity index (χ3v) is 4.46. The summed E-state index contributed by atoms with van der Waals surface area (Å²) < 4.78 is 11.4. The number of carbonyl (C=O) groups is 2. The molecule has 2 N–H and O–H groups in total. The number of benzene rings is 2. The highest BCUT2D eigenvalue weighted by Gasteiger charge is 2.11. The van der Waals surface area contributed by atoms with Gasteiger partial charge in [0.25, 0.3) is 11.8 Å². The molecule has 0 saturated carbocycles. The number of carbonyl (C=O) groups excluding carboxylic acids is 2. The average Bonchev–Trinajstić information content (AvgIpc) is 2.69. The number of amides is 2. The summed E-state index contributed by atoms with van der Waals surface area (Å²) in [4.78, 5) is 24.3. The van der Waals surface area contributed by atoms with Crippen molar-refractivity contribution >= 4 is 27.7 Å². The lowest BCUT2D eigenvalue weighted by Gasteiger charge is -2.10. The Morgan fingerprint density at radius 1 is 0.963 bits per heavy atom. The molecular formula is C20H23BrN2O4. The van der Waals surface area contributed by atoms with Gasteiger partial charge in [0.2, 0.25) is 0 Å². The van der Waals surface area contributed by atoms with Crippen molar-refractivity contribution in [2.24, 2.45) is 0 Å². The predicted molar refractivity (Wildman–Crippen MR) is 107 cm³/mol. The van der Waals surface area contributed by atoms with Crippen LogP contribution in [0.3, 0.4) is 0 Å². The molecule has 27 heavy (non-hydrogen) atoms. The van der Waals surface area contributed by atoms with Crippen LogP contribution < -0.4 is 20.3 Å². The third kappa shape index (κ3) is 6.29. The lowest BCUT2D eigenvalue weighted by Crippen LogP contribution is -2.41. The highest BCUT2D eigenvalue weighted by Crippen LogP contribution is 2.25. The van der Waals surface area contributed by atoms with Gasteiger partial charge in [-0.2, -0.15) is 0 Å². The minimum absolute atomic E-state index is 0.388. The number of hydrazine groups is 1. The van der Waals surface area contributed by atoms with Crippen molar-refractivity contribution in [3.63, 3.8) is 0 Å². The van der Waals surface area contributed by atoms with Crippen molar-refractivity contribution in [2.75, 3.05) is 13.7 Å². The van der Waals surface area contributed by atoms with E-state index >= 15 is 0 Å². The number of rotatable bonds is 8. The largest absolute Gasteiger partial charge is 0.496 e. The molecule has 7 heteroatoms. The normalized spacial score (nSPS) is 10.2. The third-order valence-electron chi connectivity index (χ3n) is 3.84. The zero-order valence-electron chi connectivity index (χ0n) is 15.4. The van der Waals surface area contributed by atoms with E-state index in [0.29, 0.717) is 28.0 Å². The van der Waals surface area contributed by atoms with Crippen molar-refractivity contribution in [1.82, 2.24) is 10.9 Å². The molecule has 144 valence electrons. The van der Waals surface area contributed by atoms with Crippen LogP contribution in [0.25, 0.3) is 0 Å². The van der Waals surface area contributed by atoms with Gasteiger partial charge in [0.1, 0.15) is 11.5 Å². The van der Waals surface area contributed by atoms with E-state index in [2.05, 4.69) is 33.7 Å². The summed E-state index contributed by atoms with van der Waals surface area (Å²) in [5.74, 6) is 0.499. The molecule has 6 nitrogen and oxygen atoms in total. The zero-order chi connectivity index (χ0) is 19.6. The van der Waals surface area contributed by atoms with E-state index in [1.807, 2.05) is 0 Å². The van der Waals surface area contributed by atoms with Crippen LogP contribution in [-0.4, -0.2) is 25.5 Å². The molecule has 0 heterocycles. The fraction of sp³-hybridized carbons (Fsp3) is 0.300. The maximum Gasteiger partial charge on any atom is 0.269 e. The number of methoxy groups -OCH3 is 1. The first-order valence-corrected chi connectivity index (χ1v) is 9.51. The van der Waals surface area contributed by atoms with Gasteiger partial charge in [-0.3, -0.25) is 20.4 Å². The van der Waals surface area contributed by atoms with Crippen LogP contribution in [0.4, 0.5) is 0 Å². The molecule has 2 aromatic rings. The second-order valence-electron chi connectivity index (χ2n) is 5.84. The molecule has 0 spiro atoms. The molecule has 2 rings (SSSR count). The molecule has 0 saturated heterocycles. The van der Waals surface area contributed by atoms with Crippen LogP contribution >= 0.6 is 15.9 Å². The van der Waals surface area contributed by atoms with Crippen LogP contribution in [0.1, 0.15) is 46.9 Å². The van der Waals surface area contributed by atoms with Crippen LogP contribution in [0.2, 0.25) is 0 Å². The van der Waals surface area contributed by atoms with Gasteiger partial charge < -0.3 is 9.47 Å². The smallest absolute Gasteiger partial charge is 0.269 e. The lowest BCUT2D eigenvalue weighted by atomic mass is 10.2. The molecule has 0 unspecified atom stereocenters. The van der Waals surface area contributed by atoms with E-state index in [-0.39, 0.29) is 0 Å². The maximum absolute atomic E-state index is 12.2. The van der Waals surface area contributed by atoms with Crippen LogP contribution in [0.15, 0.2) is 46.9 Å². The molecule has 0 atom stereocenters. The Morgan fingerprint density at radius 2 is 1.59 bits per heavy atom. The molecule has 0 aliphatic heterocycles. The highest BCUT2D eigenvalue weighted by molar-refractivity contribution is 9.10. The van der Waals surface area contributed by atoms with Crippen molar-refractivity contribution in [3.8, 4) is 11.5 Å². The number of halogens is 1. The molecular weight excluding hydrogens is 412 g/mol. The molecule has 0 radical (unpaired) electrons. The first kappa shape index (κ1) is 20.8. The summed E-state index contributed by atoms with van der Waals surface area (Å²) in [6, 6.07) is 11.7. The number of unbranched alkanes of at least 4 members (excludes halogenated alkanes) is 2. The SMILES string of the molecule is CCCCCOc1ccc(C(=O)NNC(=O)c2ccc(OC)c(Br)c2)cc1. The summed E-state index contributed by atoms with van der Waals surface area (Å²) in [6.07, 6.45) is 3.28. The number of ether oxygens (including phenoxy) is 2. The Balaban J connectivity index is 1.86. The van der Waals surface area contributed by atoms with E-state index < -0.39 is 11.8 Å². The van der Waals surface area contributed by atoms with Gasteiger partial charge in [-0.1, -0.05) is 19.8 Å². The van der Waals surface area contributed by atoms with E-state index in [4.69, 9.17) is 9.47 Å². The monoisotopic (exact) mass is 434 g/mol. The summed E-state index contributed by atoms with van der Waals surface area (Å²) >= 11 is 3.32. The van der Waals surface area contributed by atoms with Crippen molar-refractivity contribution in [3.05, 3.63) is 58.1 Å². The second kappa shape index (κ2) is 10.6. The van der Waals surface area contributed by atoms with Gasteiger partial charge in [0, 0.05) is 11.1 Å². The first-order chi connectivity index (χ1) is 13.0. The quantitative estimate of drug-likeness (QED) is 0.484. The molecule has 0 bridgehead atoms. The van der Waals surface area contributed by atoms with Crippen molar-refractivity contribution in [1.29, 1.82) is 0 Å². The van der Waals surface area contributed by atoms with Crippen LogP contribution in [0.5, 0.6) is 11.5 Å². The minimum Gasteiger partial charge on any atom is -0.496 e. The summed E-state index contributed by atoms with van der Waals surface area (Å²) in [7, 11) is 1.54. The average molecular weight is 435 g/mol. The topological polar surface area (TPSA) is 76.7 Å². The molecule has 2 amide bonds. The first-order valence-electron chi connectivity index (χ1n) is 8.72. The standard InChI is InChI=1S/C20H23BrN2O4/c1-3-4-5-12-27-16-9-6-14(7-10-16)19(24)22-23-20(25)15-8-11-18(26-2)17(21)13-15/h6-11,13H,3-5,12H2,1-2H3,(H,22,24)(H,23,25). The van der Waals surface area contributed by atoms with Crippen LogP contribution in [-0.2, 0) is 0 Å². The Kier molecular flexibility index (Phi) is 8.13. The molecule has 0 aliphatic rings. The summed E-state index contributed by atoms with van der Waals surface area (Å²) in [6.45, 7) is 2.80. The van der Waals surface area contributed by atoms with Gasteiger partial charge in [-0.05, 0) is 64.8 Å². The van der Waals surface area contributed by atoms with Crippen LogP contribution in [0, 0.1) is 0 Å². The van der Waals surface area contributed by atoms with Gasteiger partial charge in [-0.15, -0.1) is 0 Å². The van der Waals surface area contributed by atoms with E-state index in [0.717, 1.165) is 25.0 Å². The molecule has 0 aliphatic carbocycles. The highest BCUT2D eigenvalue weighted by atomic mass is 79.9. The van der Waals surface area contributed by atoms with Gasteiger partial charge in [-0.25, -0.2) is 0 Å². The van der Waals surface area contributed by atoms with E-state index in [1.54, 1.807) is 49.6 Å². The van der Waals surface area contributed by atoms with Crippen molar-refractivity contribution < 1.29 is 19.1 Å². The Bertz CT molecular complexity index is 778. The summed E-state index contributed by atoms with van der Waals surface area (Å²) in [5.41, 5.74) is 5.60. The number of nitrogens with one attached hydrogen (secondary N) is 2. The zero-order valence-corrected chi connectivity index (χ0v) is 17.0. The summed E-state index contributed by atoms with van der Waals surface area (Å²) in [5, 5.41) is 0. The predicted octanol–water partition coefficient (Wildman–Crippen LogP) is 4.10. The Morgan fingerprint density at radius 3 is 2.19 bits per heavy atom. The minimum atomic E-state index is -0.428. The lowest BCUT2D eigenvalue weighted by molar-refractivity contribution is 0.0846.